The van der Waals surface area contributed by atoms with E-state index < -0.39 is 0 Å². The number of amides is 2. The maximum Gasteiger partial charge on any atom is 0.235 e. The zero-order valence-corrected chi connectivity index (χ0v) is 16.9. The average molecular weight is 383 g/mol. The van der Waals surface area contributed by atoms with Crippen molar-refractivity contribution in [2.45, 2.75) is 42.5 Å². The van der Waals surface area contributed by atoms with E-state index in [1.165, 1.54) is 0 Å². The first-order valence-corrected chi connectivity index (χ1v) is 10.1. The van der Waals surface area contributed by atoms with Gasteiger partial charge in [-0.2, -0.15) is 0 Å². The average Bonchev–Trinajstić information content (AvgIpc) is 2.61. The van der Waals surface area contributed by atoms with Crippen LogP contribution >= 0.6 is 23.5 Å². The first-order valence-electron chi connectivity index (χ1n) is 8.13. The fourth-order valence-corrected chi connectivity index (χ4v) is 3.68. The molecule has 139 valence electrons. The monoisotopic (exact) mass is 383 g/mol. The van der Waals surface area contributed by atoms with Crippen LogP contribution in [0.4, 0.5) is 0 Å². The molecular weight excluding hydrogens is 355 g/mol. The zero-order valence-electron chi connectivity index (χ0n) is 15.2. The minimum Gasteiger partial charge on any atom is -0.368 e. The number of primary amides is 2. The first kappa shape index (κ1) is 23.8. The predicted molar refractivity (Wildman–Crippen MR) is 109 cm³/mol. The van der Waals surface area contributed by atoms with E-state index in [0.717, 1.165) is 9.79 Å². The molecule has 6 N–H and O–H groups in total. The highest BCUT2D eigenvalue weighted by Crippen LogP contribution is 2.24. The second-order valence-corrected chi connectivity index (χ2v) is 6.93. The Morgan fingerprint density at radius 1 is 1.00 bits per heavy atom. The third-order valence-electron chi connectivity index (χ3n) is 3.06. The molecule has 1 aromatic carbocycles. The highest BCUT2D eigenvalue weighted by molar-refractivity contribution is 7.99. The SMILES string of the molecule is CC.C[B]NC(CSc1ccc(SCC(NC)C(N)=O)cc1)C(N)=O. The molecule has 0 aliphatic heterocycles. The molecule has 2 unspecified atom stereocenters. The molecule has 1 radical (unpaired) electrons. The molecule has 0 saturated carbocycles. The molecule has 1 rings (SSSR count). The summed E-state index contributed by atoms with van der Waals surface area (Å²) in [4.78, 5) is 24.5. The summed E-state index contributed by atoms with van der Waals surface area (Å²) in [6.45, 7) is 5.82. The van der Waals surface area contributed by atoms with Crippen molar-refractivity contribution in [1.29, 1.82) is 0 Å². The van der Waals surface area contributed by atoms with Crippen molar-refractivity contribution < 1.29 is 9.59 Å². The third-order valence-corrected chi connectivity index (χ3v) is 5.27. The molecule has 2 atom stereocenters. The number of nitrogens with one attached hydrogen (secondary N) is 2. The topological polar surface area (TPSA) is 110 Å². The maximum absolute atomic E-state index is 11.3. The number of carbonyl (C=O) groups is 2. The predicted octanol–water partition coefficient (Wildman–Crippen LogP) is 1.08. The highest BCUT2D eigenvalue weighted by Gasteiger charge is 2.14. The van der Waals surface area contributed by atoms with Gasteiger partial charge in [0.15, 0.2) is 0 Å². The molecule has 2 amide bonds. The normalized spacial score (nSPS) is 12.5. The van der Waals surface area contributed by atoms with Crippen molar-refractivity contribution in [2.75, 3.05) is 18.6 Å². The number of carbonyl (C=O) groups excluding carboxylic acids is 2. The van der Waals surface area contributed by atoms with E-state index in [4.69, 9.17) is 11.5 Å². The summed E-state index contributed by atoms with van der Waals surface area (Å²) < 4.78 is 0. The number of thioether (sulfide) groups is 2. The third kappa shape index (κ3) is 9.79. The molecule has 0 saturated heterocycles. The van der Waals surface area contributed by atoms with Crippen LogP contribution in [-0.4, -0.2) is 49.9 Å². The molecule has 0 aliphatic rings. The van der Waals surface area contributed by atoms with E-state index in [9.17, 15) is 9.59 Å². The van der Waals surface area contributed by atoms with Crippen LogP contribution in [0.25, 0.3) is 0 Å². The van der Waals surface area contributed by atoms with Crippen LogP contribution in [0.15, 0.2) is 34.1 Å². The Kier molecular flexibility index (Phi) is 13.4. The van der Waals surface area contributed by atoms with E-state index in [2.05, 4.69) is 10.5 Å². The minimum atomic E-state index is -0.383. The van der Waals surface area contributed by atoms with Gasteiger partial charge in [0.2, 0.25) is 19.2 Å². The van der Waals surface area contributed by atoms with E-state index in [1.54, 1.807) is 38.0 Å². The van der Waals surface area contributed by atoms with E-state index in [0.29, 0.717) is 11.5 Å². The van der Waals surface area contributed by atoms with E-state index >= 15 is 0 Å². The number of likely N-dealkylation sites (N-methyl/N-ethyl adjacent to an activating group) is 1. The lowest BCUT2D eigenvalue weighted by atomic mass is 9.98. The van der Waals surface area contributed by atoms with Crippen molar-refractivity contribution in [1.82, 2.24) is 10.5 Å². The fourth-order valence-electron chi connectivity index (χ4n) is 1.71. The second-order valence-electron chi connectivity index (χ2n) is 4.75. The molecule has 6 nitrogen and oxygen atoms in total. The smallest absolute Gasteiger partial charge is 0.235 e. The van der Waals surface area contributed by atoms with Crippen molar-refractivity contribution in [3.8, 4) is 0 Å². The summed E-state index contributed by atoms with van der Waals surface area (Å²) in [7, 11) is 3.43. The minimum absolute atomic E-state index is 0.346. The summed E-state index contributed by atoms with van der Waals surface area (Å²) in [5, 5.41) is 5.82. The second kappa shape index (κ2) is 14.1. The summed E-state index contributed by atoms with van der Waals surface area (Å²) >= 11 is 3.12. The zero-order chi connectivity index (χ0) is 19.2. The van der Waals surface area contributed by atoms with Crippen LogP contribution < -0.4 is 22.0 Å². The van der Waals surface area contributed by atoms with Crippen molar-refractivity contribution in [2.24, 2.45) is 11.5 Å². The molecule has 0 spiro atoms. The van der Waals surface area contributed by atoms with E-state index in [1.807, 2.05) is 44.9 Å². The molecule has 9 heteroatoms. The Hall–Kier alpha value is -1.16. The van der Waals surface area contributed by atoms with Crippen molar-refractivity contribution >= 4 is 42.8 Å². The van der Waals surface area contributed by atoms with Gasteiger partial charge in [0.1, 0.15) is 0 Å². The lowest BCUT2D eigenvalue weighted by Gasteiger charge is -2.14. The van der Waals surface area contributed by atoms with Crippen LogP contribution in [-0.2, 0) is 9.59 Å². The van der Waals surface area contributed by atoms with Crippen LogP contribution in [0, 0.1) is 0 Å². The molecule has 25 heavy (non-hydrogen) atoms. The quantitative estimate of drug-likeness (QED) is 0.336. The van der Waals surface area contributed by atoms with Gasteiger partial charge < -0.3 is 22.0 Å². The molecular formula is C16H28BN4O2S2. The lowest BCUT2D eigenvalue weighted by Crippen LogP contribution is -2.44. The summed E-state index contributed by atoms with van der Waals surface area (Å²) in [5.74, 6) is 0.422. The van der Waals surface area contributed by atoms with Gasteiger partial charge in [-0.15, -0.1) is 23.5 Å². The highest BCUT2D eigenvalue weighted by atomic mass is 32.2. The van der Waals surface area contributed by atoms with E-state index in [-0.39, 0.29) is 23.9 Å². The molecule has 1 aromatic rings. The standard InChI is InChI=1S/C14H22BN4O2S2.C2H6/c1-15-19-12(14(17)21)8-23-10-5-3-9(4-6-10)22-7-11(18-2)13(16)20;1-2/h3-6,11-12,18-19H,7-8H2,1-2H3,(H2,16,20)(H2,17,21);1-2H3. The van der Waals surface area contributed by atoms with Crippen LogP contribution in [0.1, 0.15) is 13.8 Å². The van der Waals surface area contributed by atoms with Crippen LogP contribution in [0.2, 0.25) is 6.82 Å². The van der Waals surface area contributed by atoms with Gasteiger partial charge in [-0.1, -0.05) is 20.7 Å². The Labute approximate surface area is 159 Å². The van der Waals surface area contributed by atoms with Gasteiger partial charge in [0.05, 0.1) is 12.1 Å². The van der Waals surface area contributed by atoms with Crippen molar-refractivity contribution in [3.05, 3.63) is 24.3 Å². The van der Waals surface area contributed by atoms with Crippen LogP contribution in [0.5, 0.6) is 0 Å². The van der Waals surface area contributed by atoms with Gasteiger partial charge >= 0.3 is 0 Å². The number of hydrogen-bond acceptors (Lipinski definition) is 6. The Morgan fingerprint density at radius 3 is 1.72 bits per heavy atom. The Balaban J connectivity index is 0.00000277. The molecule has 0 fully saturated rings. The number of nitrogens with two attached hydrogens (primary N) is 2. The molecule has 0 aromatic heterocycles. The van der Waals surface area contributed by atoms with Gasteiger partial charge in [0.25, 0.3) is 0 Å². The summed E-state index contributed by atoms with van der Waals surface area (Å²) in [6, 6.07) is 7.21. The van der Waals surface area contributed by atoms with Gasteiger partial charge in [-0.25, -0.2) is 0 Å². The number of hydrogen-bond donors (Lipinski definition) is 4. The summed E-state index contributed by atoms with van der Waals surface area (Å²) in [6.07, 6.45) is 0. The lowest BCUT2D eigenvalue weighted by molar-refractivity contribution is -0.120. The molecule has 0 heterocycles. The van der Waals surface area contributed by atoms with Gasteiger partial charge in [-0.3, -0.25) is 9.59 Å². The Bertz CT molecular complexity index is 517. The summed E-state index contributed by atoms with van der Waals surface area (Å²) in [5.41, 5.74) is 10.6. The fraction of sp³-hybridized carbons (Fsp3) is 0.500. The maximum atomic E-state index is 11.3. The van der Waals surface area contributed by atoms with Gasteiger partial charge in [0, 0.05) is 21.3 Å². The van der Waals surface area contributed by atoms with Crippen molar-refractivity contribution in [3.63, 3.8) is 0 Å². The number of benzene rings is 1. The largest absolute Gasteiger partial charge is 0.368 e. The Morgan fingerprint density at radius 2 is 1.40 bits per heavy atom. The first-order chi connectivity index (χ1) is 12.0. The van der Waals surface area contributed by atoms with Gasteiger partial charge in [-0.05, 0) is 31.3 Å². The molecule has 0 bridgehead atoms. The molecule has 0 aliphatic carbocycles. The number of rotatable bonds is 11. The van der Waals surface area contributed by atoms with Crippen LogP contribution in [0.3, 0.4) is 0 Å².